The summed E-state index contributed by atoms with van der Waals surface area (Å²) >= 11 is 20.5. The van der Waals surface area contributed by atoms with E-state index in [2.05, 4.69) is 63.7 Å². The molecule has 2 aliphatic rings. The third-order valence-corrected chi connectivity index (χ3v) is 9.02. The van der Waals surface area contributed by atoms with E-state index in [1.165, 1.54) is 0 Å². The van der Waals surface area contributed by atoms with Crippen LogP contribution in [0.5, 0.6) is 0 Å². The Kier molecular flexibility index (Phi) is 7.23. The predicted molar refractivity (Wildman–Crippen MR) is 101 cm³/mol. The number of alkyl halides is 4. The summed E-state index contributed by atoms with van der Waals surface area (Å²) in [4.78, 5) is 0. The van der Waals surface area contributed by atoms with Gasteiger partial charge < -0.3 is 0 Å². The maximum atomic E-state index is 12.6. The van der Waals surface area contributed by atoms with Crippen LogP contribution in [-0.2, 0) is 13.6 Å². The van der Waals surface area contributed by atoms with Crippen LogP contribution in [0.3, 0.4) is 0 Å². The van der Waals surface area contributed by atoms with Gasteiger partial charge in [-0.15, -0.1) is 0 Å². The summed E-state index contributed by atoms with van der Waals surface area (Å²) in [5.74, 6) is 0. The van der Waals surface area contributed by atoms with Crippen LogP contribution in [0.4, 0.5) is 0 Å². The number of rotatable bonds is 4. The Bertz CT molecular complexity index is 387. The lowest BCUT2D eigenvalue weighted by Crippen LogP contribution is -2.37. The summed E-state index contributed by atoms with van der Waals surface area (Å²) < 4.78 is 23.1. The van der Waals surface area contributed by atoms with E-state index in [0.29, 0.717) is 0 Å². The van der Waals surface area contributed by atoms with E-state index in [0.717, 1.165) is 51.4 Å². The summed E-state index contributed by atoms with van der Waals surface area (Å²) in [6.07, 6.45) is 7.13. The van der Waals surface area contributed by atoms with Gasteiger partial charge in [-0.05, 0) is 25.7 Å². The zero-order valence-corrected chi connectivity index (χ0v) is 19.4. The standard InChI is InChI=1S/C12H18Br4ClO3P/c13-11(14)7-3-1-5-9(11)19-21(17,18)20-10-6-2-4-8-12(10,15)16/h9-10H,1-8H2. The highest BCUT2D eigenvalue weighted by atomic mass is 79.9. The maximum absolute atomic E-state index is 12.6. The van der Waals surface area contributed by atoms with Gasteiger partial charge in [-0.3, -0.25) is 9.05 Å². The van der Waals surface area contributed by atoms with Crippen molar-refractivity contribution in [2.75, 3.05) is 0 Å². The van der Waals surface area contributed by atoms with Gasteiger partial charge in [0.2, 0.25) is 0 Å². The molecule has 0 aromatic heterocycles. The first-order chi connectivity index (χ1) is 9.62. The molecular formula is C12H18Br4ClO3P. The van der Waals surface area contributed by atoms with Crippen molar-refractivity contribution in [2.24, 2.45) is 0 Å². The molecule has 2 unspecified atom stereocenters. The topological polar surface area (TPSA) is 35.5 Å². The highest BCUT2D eigenvalue weighted by Crippen LogP contribution is 2.62. The van der Waals surface area contributed by atoms with Gasteiger partial charge in [-0.25, -0.2) is 4.57 Å². The zero-order valence-electron chi connectivity index (χ0n) is 11.4. The number of hydrogen-bond donors (Lipinski definition) is 0. The van der Waals surface area contributed by atoms with Gasteiger partial charge in [0.05, 0.1) is 12.2 Å². The molecule has 0 N–H and O–H groups in total. The van der Waals surface area contributed by atoms with Crippen LogP contribution < -0.4 is 0 Å². The van der Waals surface area contributed by atoms with E-state index < -0.39 is 6.95 Å². The number of halogens is 5. The van der Waals surface area contributed by atoms with Crippen molar-refractivity contribution in [2.45, 2.75) is 70.0 Å². The SMILES string of the molecule is O=P(Cl)(OC1CCCCC1(Br)Br)OC1CCCCC1(Br)Br. The Hall–Kier alpha value is 2.36. The van der Waals surface area contributed by atoms with E-state index in [4.69, 9.17) is 20.3 Å². The fourth-order valence-electron chi connectivity index (χ4n) is 2.71. The average Bonchev–Trinajstić information content (AvgIpc) is 2.34. The fraction of sp³-hybridized carbons (Fsp3) is 1.00. The molecule has 0 amide bonds. The highest BCUT2D eigenvalue weighted by molar-refractivity contribution is 9.25. The van der Waals surface area contributed by atoms with Crippen molar-refractivity contribution in [1.82, 2.24) is 0 Å². The molecule has 124 valence electrons. The normalized spacial score (nSPS) is 35.1. The van der Waals surface area contributed by atoms with E-state index in [9.17, 15) is 4.57 Å². The van der Waals surface area contributed by atoms with Gasteiger partial charge in [0.25, 0.3) is 0 Å². The fourth-order valence-corrected chi connectivity index (χ4v) is 7.51. The molecule has 2 atom stereocenters. The first-order valence-electron chi connectivity index (χ1n) is 7.05. The van der Waals surface area contributed by atoms with E-state index in [1.54, 1.807) is 0 Å². The molecule has 2 aliphatic carbocycles. The van der Waals surface area contributed by atoms with Crippen molar-refractivity contribution in [1.29, 1.82) is 0 Å². The van der Waals surface area contributed by atoms with E-state index in [1.807, 2.05) is 0 Å². The second-order valence-corrected chi connectivity index (χ2v) is 15.9. The van der Waals surface area contributed by atoms with Gasteiger partial charge in [0, 0.05) is 11.2 Å². The van der Waals surface area contributed by atoms with E-state index >= 15 is 0 Å². The molecule has 0 saturated heterocycles. The Morgan fingerprint density at radius 2 is 1.24 bits per heavy atom. The predicted octanol–water partition coefficient (Wildman–Crippen LogP) is 7.22. The van der Waals surface area contributed by atoms with Gasteiger partial charge >= 0.3 is 6.95 Å². The molecule has 9 heteroatoms. The molecule has 0 bridgehead atoms. The van der Waals surface area contributed by atoms with Gasteiger partial charge in [-0.1, -0.05) is 89.4 Å². The largest absolute Gasteiger partial charge is 0.424 e. The van der Waals surface area contributed by atoms with Crippen molar-refractivity contribution >= 4 is 81.9 Å². The van der Waals surface area contributed by atoms with Crippen LogP contribution in [0.1, 0.15) is 51.4 Å². The van der Waals surface area contributed by atoms with Crippen molar-refractivity contribution in [3.8, 4) is 0 Å². The lowest BCUT2D eigenvalue weighted by Gasteiger charge is -2.38. The van der Waals surface area contributed by atoms with Crippen LogP contribution in [-0.4, -0.2) is 18.7 Å². The third kappa shape index (κ3) is 5.69. The molecule has 0 heterocycles. The quantitative estimate of drug-likeness (QED) is 0.254. The lowest BCUT2D eigenvalue weighted by molar-refractivity contribution is 0.0879. The summed E-state index contributed by atoms with van der Waals surface area (Å²) in [6.45, 7) is -3.64. The second kappa shape index (κ2) is 7.72. The molecule has 0 spiro atoms. The minimum Gasteiger partial charge on any atom is -0.291 e. The Morgan fingerprint density at radius 1 is 0.857 bits per heavy atom. The monoisotopic (exact) mass is 592 g/mol. The Balaban J connectivity index is 1.99. The summed E-state index contributed by atoms with van der Waals surface area (Å²) in [5.41, 5.74) is 0. The molecule has 2 rings (SSSR count). The molecule has 2 saturated carbocycles. The number of hydrogen-bond acceptors (Lipinski definition) is 3. The minimum atomic E-state index is -3.64. The Labute approximate surface area is 164 Å². The first kappa shape index (κ1) is 19.7. The zero-order chi connectivity index (χ0) is 15.7. The highest BCUT2D eigenvalue weighted by Gasteiger charge is 2.45. The van der Waals surface area contributed by atoms with Crippen LogP contribution in [0.15, 0.2) is 0 Å². The van der Waals surface area contributed by atoms with Crippen LogP contribution in [0.25, 0.3) is 0 Å². The van der Waals surface area contributed by atoms with Crippen molar-refractivity contribution in [3.05, 3.63) is 0 Å². The van der Waals surface area contributed by atoms with Gasteiger partial charge in [-0.2, -0.15) is 0 Å². The van der Waals surface area contributed by atoms with E-state index in [-0.39, 0.29) is 18.7 Å². The van der Waals surface area contributed by atoms with Crippen LogP contribution >= 0.6 is 81.9 Å². The third-order valence-electron chi connectivity index (χ3n) is 3.90. The van der Waals surface area contributed by atoms with Crippen LogP contribution in [0.2, 0.25) is 0 Å². The molecular weight excluding hydrogens is 578 g/mol. The molecule has 0 aliphatic heterocycles. The smallest absolute Gasteiger partial charge is 0.291 e. The molecule has 21 heavy (non-hydrogen) atoms. The van der Waals surface area contributed by atoms with Gasteiger partial charge in [0.15, 0.2) is 0 Å². The Morgan fingerprint density at radius 3 is 1.57 bits per heavy atom. The second-order valence-electron chi connectivity index (χ2n) is 5.63. The van der Waals surface area contributed by atoms with Crippen molar-refractivity contribution in [3.63, 3.8) is 0 Å². The molecule has 2 fully saturated rings. The van der Waals surface area contributed by atoms with Crippen molar-refractivity contribution < 1.29 is 13.6 Å². The van der Waals surface area contributed by atoms with Crippen LogP contribution in [0, 0.1) is 0 Å². The molecule has 0 aromatic carbocycles. The minimum absolute atomic E-state index is 0.266. The summed E-state index contributed by atoms with van der Waals surface area (Å²) in [5, 5.41) is 0. The maximum Gasteiger partial charge on any atom is 0.424 e. The first-order valence-corrected chi connectivity index (χ1v) is 12.7. The average molecular weight is 596 g/mol. The molecule has 0 radical (unpaired) electrons. The summed E-state index contributed by atoms with van der Waals surface area (Å²) in [6, 6.07) is 0. The molecule has 3 nitrogen and oxygen atoms in total. The summed E-state index contributed by atoms with van der Waals surface area (Å²) in [7, 11) is 0. The van der Waals surface area contributed by atoms with Gasteiger partial charge in [0.1, 0.15) is 6.47 Å². The lowest BCUT2D eigenvalue weighted by atomic mass is 9.98. The molecule has 0 aromatic rings.